The number of fused-ring (bicyclic) bond motifs is 2. The number of carbonyl (C=O) groups is 2. The molecule has 2 heterocycles. The van der Waals surface area contributed by atoms with Crippen molar-refractivity contribution in [2.24, 2.45) is 11.1 Å². The first-order valence-electron chi connectivity index (χ1n) is 14.8. The van der Waals surface area contributed by atoms with Gasteiger partial charge in [0.15, 0.2) is 11.3 Å². The average Bonchev–Trinajstić information content (AvgIpc) is 2.98. The highest BCUT2D eigenvalue weighted by atomic mass is 16.4. The van der Waals surface area contributed by atoms with Gasteiger partial charge in [0.2, 0.25) is 0 Å². The minimum Gasteiger partial charge on any atom is -0.480 e. The third-order valence-corrected chi connectivity index (χ3v) is 9.29. The largest absolute Gasteiger partial charge is 0.480 e. The lowest BCUT2D eigenvalue weighted by atomic mass is 9.65. The number of Topliss-reactive ketones (excluding diaryl/α,β-unsaturated/α-hetero) is 1. The third kappa shape index (κ3) is 5.93. The highest BCUT2D eigenvalue weighted by Gasteiger charge is 2.52. The molecule has 1 saturated carbocycles. The molecule has 210 valence electrons. The van der Waals surface area contributed by atoms with Gasteiger partial charge in [0.1, 0.15) is 0 Å². The van der Waals surface area contributed by atoms with E-state index in [-0.39, 0.29) is 24.3 Å². The van der Waals surface area contributed by atoms with E-state index in [9.17, 15) is 14.7 Å². The number of aryl methyl sites for hydroxylation is 2. The average molecular weight is 534 g/mol. The van der Waals surface area contributed by atoms with Crippen LogP contribution >= 0.6 is 0 Å². The van der Waals surface area contributed by atoms with Crippen molar-refractivity contribution in [2.75, 3.05) is 13.1 Å². The monoisotopic (exact) mass is 533 g/mol. The predicted molar refractivity (Wildman–Crippen MR) is 150 cm³/mol. The van der Waals surface area contributed by atoms with Gasteiger partial charge >= 0.3 is 5.97 Å². The summed E-state index contributed by atoms with van der Waals surface area (Å²) in [6.07, 6.45) is 14.7. The number of aromatic nitrogens is 2. The summed E-state index contributed by atoms with van der Waals surface area (Å²) in [7, 11) is 0. The van der Waals surface area contributed by atoms with Crippen LogP contribution in [-0.2, 0) is 22.4 Å². The van der Waals surface area contributed by atoms with Crippen LogP contribution in [0.2, 0.25) is 0 Å². The van der Waals surface area contributed by atoms with Crippen LogP contribution < -0.4 is 16.4 Å². The summed E-state index contributed by atoms with van der Waals surface area (Å²) >= 11 is 0. The molecule has 3 aliphatic rings. The maximum absolute atomic E-state index is 14.2. The van der Waals surface area contributed by atoms with Gasteiger partial charge in [-0.25, -0.2) is 4.79 Å². The van der Waals surface area contributed by atoms with E-state index in [4.69, 9.17) is 5.73 Å². The summed E-state index contributed by atoms with van der Waals surface area (Å²) in [5.74, 6) is -1.52. The maximum atomic E-state index is 14.2. The second kappa shape index (κ2) is 12.2. The Hall–Kier alpha value is -2.68. The standard InChI is InChI=1S/C31H43N5O3/c32-31(29(38)39,17-8-20-33-24-13-4-9-22-11-6-18-34-26(22)24)28(37)30(15-2-1-3-16-30)21-36-25-14-5-10-23-12-7-19-35-27(23)25/h6-7,11-12,18-19,24-25,33,36H,1-5,8-10,13-17,20-21,32H2,(H,38,39)/t24?,25?,31-/m0/s1. The number of nitrogens with two attached hydrogens (primary N) is 1. The molecule has 0 amide bonds. The van der Waals surface area contributed by atoms with Crippen molar-refractivity contribution >= 4 is 11.8 Å². The number of rotatable bonds is 11. The minimum atomic E-state index is -1.90. The van der Waals surface area contributed by atoms with E-state index in [0.29, 0.717) is 32.4 Å². The molecule has 3 atom stereocenters. The van der Waals surface area contributed by atoms with E-state index < -0.39 is 16.9 Å². The molecule has 3 aliphatic carbocycles. The molecule has 0 radical (unpaired) electrons. The number of hydrogen-bond acceptors (Lipinski definition) is 7. The van der Waals surface area contributed by atoms with Crippen molar-refractivity contribution in [2.45, 2.75) is 101 Å². The van der Waals surface area contributed by atoms with Crippen molar-refractivity contribution in [3.63, 3.8) is 0 Å². The molecule has 0 aromatic carbocycles. The fourth-order valence-electron chi connectivity index (χ4n) is 7.08. The summed E-state index contributed by atoms with van der Waals surface area (Å²) in [6.45, 7) is 1.04. The topological polar surface area (TPSA) is 130 Å². The molecule has 5 N–H and O–H groups in total. The molecule has 1 fully saturated rings. The number of carboxylic acids is 1. The molecule has 8 heteroatoms. The molecule has 0 aliphatic heterocycles. The lowest BCUT2D eigenvalue weighted by molar-refractivity contribution is -0.153. The molecule has 0 spiro atoms. The highest BCUT2D eigenvalue weighted by Crippen LogP contribution is 2.41. The van der Waals surface area contributed by atoms with Crippen molar-refractivity contribution in [3.05, 3.63) is 59.2 Å². The Bertz CT molecular complexity index is 1160. The van der Waals surface area contributed by atoms with E-state index in [2.05, 4.69) is 32.7 Å². The maximum Gasteiger partial charge on any atom is 0.331 e. The summed E-state index contributed by atoms with van der Waals surface area (Å²) in [4.78, 5) is 36.0. The Morgan fingerprint density at radius 3 is 2.10 bits per heavy atom. The lowest BCUT2D eigenvalue weighted by Gasteiger charge is -2.42. The molecule has 2 aromatic rings. The van der Waals surface area contributed by atoms with Gasteiger partial charge in [-0.1, -0.05) is 31.4 Å². The van der Waals surface area contributed by atoms with Crippen molar-refractivity contribution in [1.82, 2.24) is 20.6 Å². The van der Waals surface area contributed by atoms with E-state index >= 15 is 0 Å². The SMILES string of the molecule is N[C@](CCCNC1CCCc2cccnc21)(C(=O)O)C(=O)C1(CNC2CCCc3cccnc32)CCCCC1. The third-order valence-electron chi connectivity index (χ3n) is 9.29. The molecule has 0 saturated heterocycles. The van der Waals surface area contributed by atoms with Gasteiger partial charge in [-0.15, -0.1) is 0 Å². The van der Waals surface area contributed by atoms with E-state index in [1.807, 2.05) is 24.5 Å². The van der Waals surface area contributed by atoms with Crippen LogP contribution in [0, 0.1) is 5.41 Å². The number of carboxylic acid groups (broad SMARTS) is 1. The molecule has 2 aromatic heterocycles. The molecular formula is C31H43N5O3. The Morgan fingerprint density at radius 1 is 0.923 bits per heavy atom. The number of aliphatic carboxylic acids is 1. The Morgan fingerprint density at radius 2 is 1.51 bits per heavy atom. The lowest BCUT2D eigenvalue weighted by Crippen LogP contribution is -2.62. The van der Waals surface area contributed by atoms with E-state index in [1.54, 1.807) is 0 Å². The highest BCUT2D eigenvalue weighted by molar-refractivity contribution is 6.10. The van der Waals surface area contributed by atoms with Gasteiger partial charge in [0.05, 0.1) is 11.4 Å². The number of hydrogen-bond donors (Lipinski definition) is 4. The minimum absolute atomic E-state index is 0.0785. The summed E-state index contributed by atoms with van der Waals surface area (Å²) < 4.78 is 0. The van der Waals surface area contributed by atoms with Gasteiger partial charge in [-0.05, 0) is 94.0 Å². The van der Waals surface area contributed by atoms with Crippen LogP contribution in [0.3, 0.4) is 0 Å². The van der Waals surface area contributed by atoms with Gasteiger partial charge in [0, 0.05) is 36.4 Å². The second-order valence-corrected chi connectivity index (χ2v) is 11.9. The van der Waals surface area contributed by atoms with Crippen LogP contribution in [-0.4, -0.2) is 45.5 Å². The number of ketones is 1. The van der Waals surface area contributed by atoms with E-state index in [0.717, 1.165) is 69.2 Å². The fourth-order valence-corrected chi connectivity index (χ4v) is 7.08. The predicted octanol–water partition coefficient (Wildman–Crippen LogP) is 4.19. The zero-order chi connectivity index (χ0) is 27.3. The smallest absolute Gasteiger partial charge is 0.331 e. The molecule has 5 rings (SSSR count). The Kier molecular flexibility index (Phi) is 8.74. The zero-order valence-corrected chi connectivity index (χ0v) is 23.0. The molecule has 0 bridgehead atoms. The van der Waals surface area contributed by atoms with Crippen LogP contribution in [0.15, 0.2) is 36.7 Å². The van der Waals surface area contributed by atoms with Crippen molar-refractivity contribution in [1.29, 1.82) is 0 Å². The first-order valence-corrected chi connectivity index (χ1v) is 14.8. The first-order chi connectivity index (χ1) is 18.9. The first kappa shape index (κ1) is 27.9. The van der Waals surface area contributed by atoms with Gasteiger partial charge in [0.25, 0.3) is 0 Å². The summed E-state index contributed by atoms with van der Waals surface area (Å²) in [5, 5.41) is 17.5. The van der Waals surface area contributed by atoms with Gasteiger partial charge < -0.3 is 21.5 Å². The second-order valence-electron chi connectivity index (χ2n) is 11.9. The van der Waals surface area contributed by atoms with E-state index in [1.165, 1.54) is 11.1 Å². The number of pyridine rings is 2. The molecular weight excluding hydrogens is 490 g/mol. The number of nitrogens with zero attached hydrogens (tertiary/aromatic N) is 2. The fraction of sp³-hybridized carbons (Fsp3) is 0.613. The molecule has 39 heavy (non-hydrogen) atoms. The van der Waals surface area contributed by atoms with Crippen LogP contribution in [0.4, 0.5) is 0 Å². The summed E-state index contributed by atoms with van der Waals surface area (Å²) in [6, 6.07) is 8.44. The van der Waals surface area contributed by atoms with Crippen LogP contribution in [0.1, 0.15) is 105 Å². The zero-order valence-electron chi connectivity index (χ0n) is 23.0. The van der Waals surface area contributed by atoms with Gasteiger partial charge in [-0.3, -0.25) is 14.8 Å². The quantitative estimate of drug-likeness (QED) is 0.250. The van der Waals surface area contributed by atoms with Crippen LogP contribution in [0.5, 0.6) is 0 Å². The van der Waals surface area contributed by atoms with Gasteiger partial charge in [-0.2, -0.15) is 0 Å². The number of nitrogens with one attached hydrogen (secondary N) is 2. The van der Waals surface area contributed by atoms with Crippen molar-refractivity contribution < 1.29 is 14.7 Å². The normalized spacial score (nSPS) is 23.7. The summed E-state index contributed by atoms with van der Waals surface area (Å²) in [5.41, 5.74) is 8.57. The molecule has 8 nitrogen and oxygen atoms in total. The number of carbonyl (C=O) groups excluding carboxylic acids is 1. The van der Waals surface area contributed by atoms with Crippen LogP contribution in [0.25, 0.3) is 0 Å². The molecule has 2 unspecified atom stereocenters. The Balaban J connectivity index is 1.25. The Labute approximate surface area is 231 Å². The van der Waals surface area contributed by atoms with Crippen molar-refractivity contribution in [3.8, 4) is 0 Å².